The van der Waals surface area contributed by atoms with Gasteiger partial charge < -0.3 is 15.0 Å². The molecular formula is C20H24N2O2S. The Bertz CT molecular complexity index is 738. The highest BCUT2D eigenvalue weighted by Gasteiger charge is 2.57. The van der Waals surface area contributed by atoms with Gasteiger partial charge in [0.1, 0.15) is 5.75 Å². The van der Waals surface area contributed by atoms with E-state index in [-0.39, 0.29) is 5.91 Å². The standard InChI is InChI=1S/C20H24N2O2S/c1-24-17-5-3-2-4-16(17)19(23)22(13-15-6-11-25-14-15)18-12-20(18)7-9-21-10-8-20/h2-6,11,14,18,21H,7-10,12-13H2,1H3. The van der Waals surface area contributed by atoms with Gasteiger partial charge in [0.15, 0.2) is 0 Å². The number of carbonyl (C=O) groups is 1. The predicted octanol–water partition coefficient (Wildman–Crippen LogP) is 3.54. The van der Waals surface area contributed by atoms with E-state index in [2.05, 4.69) is 27.0 Å². The lowest BCUT2D eigenvalue weighted by molar-refractivity contribution is 0.0689. The Morgan fingerprint density at radius 3 is 2.84 bits per heavy atom. The molecule has 4 rings (SSSR count). The number of nitrogens with zero attached hydrogens (tertiary/aromatic N) is 1. The SMILES string of the molecule is COc1ccccc1C(=O)N(Cc1ccsc1)C1CC12CCNCC2. The molecule has 2 fully saturated rings. The lowest BCUT2D eigenvalue weighted by Gasteiger charge is -2.30. The molecule has 0 bridgehead atoms. The lowest BCUT2D eigenvalue weighted by atomic mass is 9.93. The van der Waals surface area contributed by atoms with Crippen LogP contribution in [-0.4, -0.2) is 37.0 Å². The van der Waals surface area contributed by atoms with E-state index in [0.29, 0.717) is 29.3 Å². The number of amides is 1. The molecule has 2 aliphatic rings. The first-order valence-electron chi connectivity index (χ1n) is 8.89. The third kappa shape index (κ3) is 3.18. The normalized spacial score (nSPS) is 21.1. The van der Waals surface area contributed by atoms with Crippen LogP contribution >= 0.6 is 11.3 Å². The fourth-order valence-electron chi connectivity index (χ4n) is 4.11. The first-order chi connectivity index (χ1) is 12.2. The van der Waals surface area contributed by atoms with Crippen molar-refractivity contribution in [3.05, 3.63) is 52.2 Å². The van der Waals surface area contributed by atoms with Crippen molar-refractivity contribution >= 4 is 17.2 Å². The maximum Gasteiger partial charge on any atom is 0.258 e. The minimum Gasteiger partial charge on any atom is -0.496 e. The Balaban J connectivity index is 1.62. The van der Waals surface area contributed by atoms with Crippen molar-refractivity contribution in [1.29, 1.82) is 0 Å². The Morgan fingerprint density at radius 1 is 1.32 bits per heavy atom. The fourth-order valence-corrected chi connectivity index (χ4v) is 4.77. The number of rotatable bonds is 5. The van der Waals surface area contributed by atoms with Crippen LogP contribution in [0.15, 0.2) is 41.1 Å². The van der Waals surface area contributed by atoms with Gasteiger partial charge in [-0.05, 0) is 72.3 Å². The van der Waals surface area contributed by atoms with Gasteiger partial charge in [-0.2, -0.15) is 11.3 Å². The van der Waals surface area contributed by atoms with Gasteiger partial charge in [0.25, 0.3) is 5.91 Å². The van der Waals surface area contributed by atoms with Crippen LogP contribution < -0.4 is 10.1 Å². The van der Waals surface area contributed by atoms with Crippen LogP contribution in [-0.2, 0) is 6.54 Å². The summed E-state index contributed by atoms with van der Waals surface area (Å²) in [4.78, 5) is 15.5. The van der Waals surface area contributed by atoms with Crippen molar-refractivity contribution in [2.24, 2.45) is 5.41 Å². The summed E-state index contributed by atoms with van der Waals surface area (Å²) >= 11 is 1.68. The molecule has 1 unspecified atom stereocenters. The van der Waals surface area contributed by atoms with Gasteiger partial charge in [-0.15, -0.1) is 0 Å². The van der Waals surface area contributed by atoms with Crippen molar-refractivity contribution in [3.63, 3.8) is 0 Å². The van der Waals surface area contributed by atoms with Crippen LogP contribution in [0.5, 0.6) is 5.75 Å². The van der Waals surface area contributed by atoms with Gasteiger partial charge in [-0.25, -0.2) is 0 Å². The van der Waals surface area contributed by atoms with Gasteiger partial charge in [0, 0.05) is 12.6 Å². The van der Waals surface area contributed by atoms with Crippen molar-refractivity contribution in [2.45, 2.75) is 31.8 Å². The molecule has 25 heavy (non-hydrogen) atoms. The zero-order valence-electron chi connectivity index (χ0n) is 14.5. The number of hydrogen-bond donors (Lipinski definition) is 1. The summed E-state index contributed by atoms with van der Waals surface area (Å²) in [5, 5.41) is 7.66. The van der Waals surface area contributed by atoms with Crippen LogP contribution in [0.3, 0.4) is 0 Å². The van der Waals surface area contributed by atoms with E-state index in [9.17, 15) is 4.79 Å². The molecule has 1 aliphatic heterocycles. The molecule has 1 saturated heterocycles. The second kappa shape index (κ2) is 6.81. The second-order valence-electron chi connectivity index (χ2n) is 7.10. The van der Waals surface area contributed by atoms with Gasteiger partial charge in [0.2, 0.25) is 0 Å². The van der Waals surface area contributed by atoms with E-state index in [0.717, 1.165) is 32.4 Å². The summed E-state index contributed by atoms with van der Waals surface area (Å²) in [6.07, 6.45) is 3.45. The van der Waals surface area contributed by atoms with E-state index in [4.69, 9.17) is 4.74 Å². The maximum atomic E-state index is 13.4. The monoisotopic (exact) mass is 356 g/mol. The number of piperidine rings is 1. The minimum atomic E-state index is 0.0871. The van der Waals surface area contributed by atoms with E-state index in [1.165, 1.54) is 5.56 Å². The Morgan fingerprint density at radius 2 is 2.12 bits per heavy atom. The second-order valence-corrected chi connectivity index (χ2v) is 7.88. The van der Waals surface area contributed by atoms with Gasteiger partial charge in [-0.1, -0.05) is 12.1 Å². The average molecular weight is 356 g/mol. The average Bonchev–Trinajstić information content (AvgIpc) is 3.08. The molecule has 0 radical (unpaired) electrons. The molecule has 2 heterocycles. The van der Waals surface area contributed by atoms with Crippen LogP contribution in [0.25, 0.3) is 0 Å². The number of ether oxygens (including phenoxy) is 1. The molecule has 132 valence electrons. The summed E-state index contributed by atoms with van der Waals surface area (Å²) < 4.78 is 5.43. The topological polar surface area (TPSA) is 41.6 Å². The molecule has 1 atom stereocenters. The van der Waals surface area contributed by atoms with Crippen molar-refractivity contribution in [3.8, 4) is 5.75 Å². The number of benzene rings is 1. The van der Waals surface area contributed by atoms with Crippen molar-refractivity contribution < 1.29 is 9.53 Å². The number of methoxy groups -OCH3 is 1. The molecule has 4 nitrogen and oxygen atoms in total. The van der Waals surface area contributed by atoms with E-state index < -0.39 is 0 Å². The highest BCUT2D eigenvalue weighted by Crippen LogP contribution is 2.56. The zero-order valence-corrected chi connectivity index (χ0v) is 15.3. The lowest BCUT2D eigenvalue weighted by Crippen LogP contribution is -2.39. The molecule has 1 N–H and O–H groups in total. The van der Waals surface area contributed by atoms with E-state index in [1.807, 2.05) is 24.3 Å². The fraction of sp³-hybridized carbons (Fsp3) is 0.450. The summed E-state index contributed by atoms with van der Waals surface area (Å²) in [6, 6.07) is 10.0. The van der Waals surface area contributed by atoms with Crippen LogP contribution in [0.2, 0.25) is 0 Å². The number of hydrogen-bond acceptors (Lipinski definition) is 4. The first kappa shape index (κ1) is 16.6. The van der Waals surface area contributed by atoms with Crippen molar-refractivity contribution in [2.75, 3.05) is 20.2 Å². The van der Waals surface area contributed by atoms with E-state index >= 15 is 0 Å². The Hall–Kier alpha value is -1.85. The van der Waals surface area contributed by atoms with Crippen LogP contribution in [0.1, 0.15) is 35.2 Å². The Kier molecular flexibility index (Phi) is 4.52. The van der Waals surface area contributed by atoms with E-state index in [1.54, 1.807) is 18.4 Å². The number of thiophene rings is 1. The summed E-state index contributed by atoms with van der Waals surface area (Å²) in [5.74, 6) is 0.742. The van der Waals surface area contributed by atoms with Crippen LogP contribution in [0.4, 0.5) is 0 Å². The third-order valence-electron chi connectivity index (χ3n) is 5.65. The van der Waals surface area contributed by atoms with Gasteiger partial charge in [-0.3, -0.25) is 4.79 Å². The summed E-state index contributed by atoms with van der Waals surface area (Å²) in [5.41, 5.74) is 2.19. The Labute approximate surface area is 152 Å². The highest BCUT2D eigenvalue weighted by atomic mass is 32.1. The molecular weight excluding hydrogens is 332 g/mol. The predicted molar refractivity (Wildman–Crippen MR) is 100 cm³/mol. The van der Waals surface area contributed by atoms with Crippen molar-refractivity contribution in [1.82, 2.24) is 10.2 Å². The zero-order chi connectivity index (χ0) is 17.3. The minimum absolute atomic E-state index is 0.0871. The molecule has 1 aliphatic carbocycles. The molecule has 2 aromatic rings. The first-order valence-corrected chi connectivity index (χ1v) is 9.84. The summed E-state index contributed by atoms with van der Waals surface area (Å²) in [6.45, 7) is 2.80. The number of carbonyl (C=O) groups excluding carboxylic acids is 1. The largest absolute Gasteiger partial charge is 0.496 e. The molecule has 1 aromatic heterocycles. The quantitative estimate of drug-likeness (QED) is 0.891. The van der Waals surface area contributed by atoms with Gasteiger partial charge >= 0.3 is 0 Å². The third-order valence-corrected chi connectivity index (χ3v) is 6.39. The molecule has 5 heteroatoms. The number of nitrogens with one attached hydrogen (secondary N) is 1. The molecule has 1 aromatic carbocycles. The smallest absolute Gasteiger partial charge is 0.258 e. The molecule has 1 amide bonds. The molecule has 1 saturated carbocycles. The number of para-hydroxylation sites is 1. The summed E-state index contributed by atoms with van der Waals surface area (Å²) in [7, 11) is 1.63. The van der Waals surface area contributed by atoms with Crippen LogP contribution in [0, 0.1) is 5.41 Å². The molecule has 1 spiro atoms. The highest BCUT2D eigenvalue weighted by molar-refractivity contribution is 7.07. The maximum absolute atomic E-state index is 13.4. The van der Waals surface area contributed by atoms with Gasteiger partial charge in [0.05, 0.1) is 12.7 Å².